The molecule has 3 saturated carbocycles. The maximum absolute atomic E-state index is 8.93. The van der Waals surface area contributed by atoms with E-state index in [4.69, 9.17) is 10.8 Å². The molecule has 2 heteroatoms. The van der Waals surface area contributed by atoms with Crippen LogP contribution in [0.5, 0.6) is 0 Å². The molecule has 0 saturated heterocycles. The van der Waals surface area contributed by atoms with Crippen molar-refractivity contribution < 1.29 is 5.11 Å². The minimum Gasteiger partial charge on any atom is -0.396 e. The van der Waals surface area contributed by atoms with Gasteiger partial charge in [-0.1, -0.05) is 0 Å². The molecular weight excluding hydrogens is 114 g/mol. The maximum atomic E-state index is 8.93. The Balaban J connectivity index is 2.09. The molecule has 1 unspecified atom stereocenters. The lowest BCUT2D eigenvalue weighted by Gasteiger charge is -2.36. The van der Waals surface area contributed by atoms with E-state index in [1.165, 1.54) is 12.8 Å². The Morgan fingerprint density at radius 2 is 2.11 bits per heavy atom. The number of rotatable bonds is 1. The first kappa shape index (κ1) is 5.69. The lowest BCUT2D eigenvalue weighted by molar-refractivity contribution is 0.0555. The molecule has 0 amide bonds. The van der Waals surface area contributed by atoms with Crippen molar-refractivity contribution in [2.45, 2.75) is 25.3 Å². The van der Waals surface area contributed by atoms with E-state index in [-0.39, 0.29) is 5.41 Å². The SMILES string of the molecule is NC1CC2(CO)CC1C2. The molecule has 3 fully saturated rings. The Bertz CT molecular complexity index is 129. The minimum atomic E-state index is 0.282. The molecule has 0 spiro atoms. The largest absolute Gasteiger partial charge is 0.396 e. The van der Waals surface area contributed by atoms with Gasteiger partial charge in [-0.2, -0.15) is 0 Å². The first-order valence-corrected chi connectivity index (χ1v) is 3.62. The van der Waals surface area contributed by atoms with Gasteiger partial charge in [0.05, 0.1) is 0 Å². The summed E-state index contributed by atoms with van der Waals surface area (Å²) in [4.78, 5) is 0. The van der Waals surface area contributed by atoms with Crippen molar-refractivity contribution in [2.24, 2.45) is 17.1 Å². The summed E-state index contributed by atoms with van der Waals surface area (Å²) in [6.45, 7) is 0.358. The van der Waals surface area contributed by atoms with E-state index in [9.17, 15) is 0 Å². The van der Waals surface area contributed by atoms with Crippen LogP contribution in [0, 0.1) is 11.3 Å². The summed E-state index contributed by atoms with van der Waals surface area (Å²) in [5.41, 5.74) is 6.05. The quantitative estimate of drug-likeness (QED) is 0.525. The molecule has 0 heterocycles. The second kappa shape index (κ2) is 1.50. The molecular formula is C7H13NO. The van der Waals surface area contributed by atoms with Gasteiger partial charge in [0.15, 0.2) is 0 Å². The number of fused-ring (bicyclic) bond motifs is 1. The molecule has 3 aliphatic carbocycles. The topological polar surface area (TPSA) is 46.2 Å². The van der Waals surface area contributed by atoms with E-state index in [0.29, 0.717) is 12.6 Å². The number of aliphatic hydroxyl groups is 1. The zero-order chi connectivity index (χ0) is 6.48. The monoisotopic (exact) mass is 127 g/mol. The first-order valence-electron chi connectivity index (χ1n) is 3.62. The summed E-state index contributed by atoms with van der Waals surface area (Å²) in [5, 5.41) is 8.93. The van der Waals surface area contributed by atoms with Crippen molar-refractivity contribution in [2.75, 3.05) is 6.61 Å². The number of hydrogen-bond donors (Lipinski definition) is 2. The highest BCUT2D eigenvalue weighted by Crippen LogP contribution is 2.57. The Hall–Kier alpha value is -0.0800. The van der Waals surface area contributed by atoms with E-state index in [2.05, 4.69) is 0 Å². The average molecular weight is 127 g/mol. The zero-order valence-electron chi connectivity index (χ0n) is 5.51. The van der Waals surface area contributed by atoms with Crippen LogP contribution in [0.15, 0.2) is 0 Å². The Kier molecular flexibility index (Phi) is 0.945. The van der Waals surface area contributed by atoms with Crippen LogP contribution in [0.1, 0.15) is 19.3 Å². The van der Waals surface area contributed by atoms with Crippen LogP contribution in [0.25, 0.3) is 0 Å². The number of aliphatic hydroxyl groups excluding tert-OH is 1. The smallest absolute Gasteiger partial charge is 0.0488 e. The predicted octanol–water partition coefficient (Wildman–Crippen LogP) is 0.106. The van der Waals surface area contributed by atoms with Crippen molar-refractivity contribution in [3.63, 3.8) is 0 Å². The molecule has 0 aliphatic heterocycles. The molecule has 0 aromatic carbocycles. The van der Waals surface area contributed by atoms with E-state index in [1.807, 2.05) is 0 Å². The number of nitrogens with two attached hydrogens (primary N) is 1. The van der Waals surface area contributed by atoms with Crippen LogP contribution in [0.3, 0.4) is 0 Å². The Morgan fingerprint density at radius 3 is 2.33 bits per heavy atom. The number of hydrogen-bond acceptors (Lipinski definition) is 2. The fourth-order valence-corrected chi connectivity index (χ4v) is 2.38. The summed E-state index contributed by atoms with van der Waals surface area (Å²) >= 11 is 0. The van der Waals surface area contributed by atoms with Gasteiger partial charge >= 0.3 is 0 Å². The highest BCUT2D eigenvalue weighted by molar-refractivity contribution is 5.06. The van der Waals surface area contributed by atoms with E-state index < -0.39 is 0 Å². The van der Waals surface area contributed by atoms with Crippen molar-refractivity contribution >= 4 is 0 Å². The van der Waals surface area contributed by atoms with Crippen molar-refractivity contribution in [3.8, 4) is 0 Å². The molecule has 2 bridgehead atoms. The van der Waals surface area contributed by atoms with Gasteiger partial charge in [0.1, 0.15) is 0 Å². The minimum absolute atomic E-state index is 0.282. The van der Waals surface area contributed by atoms with Gasteiger partial charge in [-0.05, 0) is 30.6 Å². The summed E-state index contributed by atoms with van der Waals surface area (Å²) in [6.07, 6.45) is 3.43. The maximum Gasteiger partial charge on any atom is 0.0488 e. The lowest BCUT2D eigenvalue weighted by atomic mass is 9.70. The third-order valence-electron chi connectivity index (χ3n) is 3.00. The zero-order valence-corrected chi connectivity index (χ0v) is 5.51. The molecule has 3 aliphatic rings. The summed E-state index contributed by atoms with van der Waals surface area (Å²) in [6, 6.07) is 0.400. The van der Waals surface area contributed by atoms with Gasteiger partial charge in [0, 0.05) is 12.6 Å². The van der Waals surface area contributed by atoms with E-state index >= 15 is 0 Å². The second-order valence-corrected chi connectivity index (χ2v) is 3.69. The first-order chi connectivity index (χ1) is 4.26. The standard InChI is InChI=1S/C7H13NO/c8-6-3-7(4-9)1-5(6)2-7/h5-6,9H,1-4,8H2. The third-order valence-corrected chi connectivity index (χ3v) is 3.00. The molecule has 0 aromatic heterocycles. The normalized spacial score (nSPS) is 55.3. The highest BCUT2D eigenvalue weighted by atomic mass is 16.3. The molecule has 9 heavy (non-hydrogen) atoms. The predicted molar refractivity (Wildman–Crippen MR) is 34.8 cm³/mol. The van der Waals surface area contributed by atoms with Crippen molar-refractivity contribution in [3.05, 3.63) is 0 Å². The van der Waals surface area contributed by atoms with Gasteiger partial charge in [0.2, 0.25) is 0 Å². The molecule has 3 rings (SSSR count). The van der Waals surface area contributed by atoms with Gasteiger partial charge in [0.25, 0.3) is 0 Å². The highest BCUT2D eigenvalue weighted by Gasteiger charge is 2.54. The second-order valence-electron chi connectivity index (χ2n) is 3.69. The Labute approximate surface area is 55.1 Å². The van der Waals surface area contributed by atoms with Gasteiger partial charge in [-0.3, -0.25) is 0 Å². The van der Waals surface area contributed by atoms with Crippen molar-refractivity contribution in [1.82, 2.24) is 0 Å². The Morgan fingerprint density at radius 1 is 1.44 bits per heavy atom. The summed E-state index contributed by atoms with van der Waals surface area (Å²) in [5.74, 6) is 0.747. The molecule has 1 atom stereocenters. The summed E-state index contributed by atoms with van der Waals surface area (Å²) in [7, 11) is 0. The molecule has 2 nitrogen and oxygen atoms in total. The molecule has 0 aromatic rings. The van der Waals surface area contributed by atoms with Crippen molar-refractivity contribution in [1.29, 1.82) is 0 Å². The van der Waals surface area contributed by atoms with Crippen LogP contribution in [0.2, 0.25) is 0 Å². The molecule has 52 valence electrons. The molecule has 0 radical (unpaired) electrons. The van der Waals surface area contributed by atoms with Crippen LogP contribution >= 0.6 is 0 Å². The fourth-order valence-electron chi connectivity index (χ4n) is 2.38. The average Bonchev–Trinajstić information content (AvgIpc) is 2.18. The van der Waals surface area contributed by atoms with Crippen LogP contribution in [0.4, 0.5) is 0 Å². The van der Waals surface area contributed by atoms with Gasteiger partial charge in [-0.15, -0.1) is 0 Å². The van der Waals surface area contributed by atoms with Gasteiger partial charge < -0.3 is 10.8 Å². The summed E-state index contributed by atoms with van der Waals surface area (Å²) < 4.78 is 0. The van der Waals surface area contributed by atoms with Crippen LogP contribution in [-0.2, 0) is 0 Å². The fraction of sp³-hybridized carbons (Fsp3) is 1.00. The van der Waals surface area contributed by atoms with Crippen LogP contribution < -0.4 is 5.73 Å². The van der Waals surface area contributed by atoms with Crippen LogP contribution in [-0.4, -0.2) is 17.8 Å². The molecule has 3 N–H and O–H groups in total. The third kappa shape index (κ3) is 0.578. The lowest BCUT2D eigenvalue weighted by Crippen LogP contribution is -2.32. The van der Waals surface area contributed by atoms with E-state index in [0.717, 1.165) is 12.3 Å². The van der Waals surface area contributed by atoms with E-state index in [1.54, 1.807) is 0 Å². The van der Waals surface area contributed by atoms with Gasteiger partial charge in [-0.25, -0.2) is 0 Å².